The van der Waals surface area contributed by atoms with Gasteiger partial charge in [-0.2, -0.15) is 0 Å². The number of hydrogen-bond acceptors (Lipinski definition) is 3. The zero-order chi connectivity index (χ0) is 7.98. The molecule has 1 N–H and O–H groups in total. The van der Waals surface area contributed by atoms with Crippen LogP contribution in [0.15, 0.2) is 0 Å². The van der Waals surface area contributed by atoms with Crippen LogP contribution in [-0.4, -0.2) is 30.1 Å². The van der Waals surface area contributed by atoms with Crippen LogP contribution in [-0.2, 0) is 14.3 Å². The van der Waals surface area contributed by atoms with Crippen molar-refractivity contribution in [2.75, 3.05) is 13.2 Å². The molecule has 0 aromatic carbocycles. The van der Waals surface area contributed by atoms with Crippen molar-refractivity contribution < 1.29 is 19.4 Å². The van der Waals surface area contributed by atoms with Gasteiger partial charge < -0.3 is 9.84 Å². The number of aliphatic carboxylic acids is 1. The minimum absolute atomic E-state index is 0.00499. The van der Waals surface area contributed by atoms with Gasteiger partial charge in [0.25, 0.3) is 0 Å². The van der Waals surface area contributed by atoms with E-state index in [1.54, 1.807) is 0 Å². The minimum Gasteiger partial charge on any atom is -0.480 e. The van der Waals surface area contributed by atoms with E-state index in [2.05, 4.69) is 4.74 Å². The molecule has 0 aliphatic rings. The van der Waals surface area contributed by atoms with Crippen LogP contribution < -0.4 is 0 Å². The highest BCUT2D eigenvalue weighted by Crippen LogP contribution is 1.83. The molecule has 0 aromatic rings. The van der Waals surface area contributed by atoms with Crippen LogP contribution >= 0.6 is 0 Å². The molecule has 58 valence electrons. The van der Waals surface area contributed by atoms with Crippen LogP contribution in [0.1, 0.15) is 13.3 Å². The van der Waals surface area contributed by atoms with Gasteiger partial charge in [0.2, 0.25) is 0 Å². The summed E-state index contributed by atoms with van der Waals surface area (Å²) in [6.45, 7) is 1.30. The van der Waals surface area contributed by atoms with E-state index in [1.807, 2.05) is 0 Å². The highest BCUT2D eigenvalue weighted by atomic mass is 16.5. The van der Waals surface area contributed by atoms with Crippen molar-refractivity contribution in [2.24, 2.45) is 0 Å². The summed E-state index contributed by atoms with van der Waals surface area (Å²) < 4.78 is 4.59. The monoisotopic (exact) mass is 146 g/mol. The number of ketones is 1. The third-order valence-corrected chi connectivity index (χ3v) is 0.824. The summed E-state index contributed by atoms with van der Waals surface area (Å²) in [4.78, 5) is 20.1. The Hall–Kier alpha value is -0.900. The van der Waals surface area contributed by atoms with Gasteiger partial charge in [0.05, 0.1) is 6.61 Å². The average Bonchev–Trinajstić information content (AvgIpc) is 1.79. The fraction of sp³-hybridized carbons (Fsp3) is 0.667. The van der Waals surface area contributed by atoms with Gasteiger partial charge >= 0.3 is 5.97 Å². The Morgan fingerprint density at radius 1 is 1.50 bits per heavy atom. The number of carbonyl (C=O) groups excluding carboxylic acids is 1. The van der Waals surface area contributed by atoms with E-state index in [4.69, 9.17) is 5.11 Å². The van der Waals surface area contributed by atoms with Crippen molar-refractivity contribution in [3.05, 3.63) is 0 Å². The Balaban J connectivity index is 3.06. The summed E-state index contributed by atoms with van der Waals surface area (Å²) >= 11 is 0. The van der Waals surface area contributed by atoms with Gasteiger partial charge in [-0.3, -0.25) is 4.79 Å². The summed E-state index contributed by atoms with van der Waals surface area (Å²) in [6, 6.07) is 0. The predicted molar refractivity (Wildman–Crippen MR) is 33.8 cm³/mol. The van der Waals surface area contributed by atoms with E-state index in [9.17, 15) is 9.59 Å². The molecule has 0 spiro atoms. The third kappa shape index (κ3) is 7.10. The first-order valence-electron chi connectivity index (χ1n) is 2.92. The van der Waals surface area contributed by atoms with Crippen LogP contribution in [0.3, 0.4) is 0 Å². The van der Waals surface area contributed by atoms with Gasteiger partial charge in [-0.25, -0.2) is 4.79 Å². The second-order valence-electron chi connectivity index (χ2n) is 1.90. The minimum atomic E-state index is -1.01. The van der Waals surface area contributed by atoms with E-state index in [1.165, 1.54) is 6.92 Å². The molecule has 0 rings (SSSR count). The maximum absolute atomic E-state index is 10.3. The van der Waals surface area contributed by atoms with E-state index in [-0.39, 0.29) is 25.4 Å². The predicted octanol–water partition coefficient (Wildman–Crippen LogP) is 0.0667. The number of ether oxygens (including phenoxy) is 1. The van der Waals surface area contributed by atoms with Gasteiger partial charge in [0, 0.05) is 6.42 Å². The Kier molecular flexibility index (Phi) is 4.49. The smallest absolute Gasteiger partial charge is 0.329 e. The molecule has 0 radical (unpaired) electrons. The largest absolute Gasteiger partial charge is 0.480 e. The molecular formula is C6H10O4. The fourth-order valence-electron chi connectivity index (χ4n) is 0.375. The molecule has 4 heteroatoms. The highest BCUT2D eigenvalue weighted by Gasteiger charge is 1.96. The fourth-order valence-corrected chi connectivity index (χ4v) is 0.375. The quantitative estimate of drug-likeness (QED) is 0.557. The Labute approximate surface area is 58.8 Å². The second-order valence-corrected chi connectivity index (χ2v) is 1.90. The van der Waals surface area contributed by atoms with Crippen molar-refractivity contribution in [1.82, 2.24) is 0 Å². The molecule has 0 amide bonds. The number of rotatable bonds is 5. The number of carboxylic acid groups (broad SMARTS) is 1. The van der Waals surface area contributed by atoms with Crippen LogP contribution in [0.4, 0.5) is 0 Å². The lowest BCUT2D eigenvalue weighted by molar-refractivity contribution is -0.142. The van der Waals surface area contributed by atoms with E-state index >= 15 is 0 Å². The maximum Gasteiger partial charge on any atom is 0.329 e. The molecular weight excluding hydrogens is 136 g/mol. The molecule has 0 aliphatic carbocycles. The van der Waals surface area contributed by atoms with Gasteiger partial charge in [-0.05, 0) is 6.92 Å². The van der Waals surface area contributed by atoms with Crippen molar-refractivity contribution in [2.45, 2.75) is 13.3 Å². The van der Waals surface area contributed by atoms with Gasteiger partial charge in [0.15, 0.2) is 0 Å². The Morgan fingerprint density at radius 2 is 2.10 bits per heavy atom. The number of carboxylic acids is 1. The summed E-state index contributed by atoms with van der Waals surface area (Å²) in [5, 5.41) is 8.07. The van der Waals surface area contributed by atoms with E-state index < -0.39 is 5.97 Å². The maximum atomic E-state index is 10.3. The van der Waals surface area contributed by atoms with Crippen molar-refractivity contribution in [1.29, 1.82) is 0 Å². The average molecular weight is 146 g/mol. The zero-order valence-corrected chi connectivity index (χ0v) is 5.79. The highest BCUT2D eigenvalue weighted by molar-refractivity contribution is 5.75. The van der Waals surface area contributed by atoms with Crippen LogP contribution in [0.5, 0.6) is 0 Å². The number of hydrogen-bond donors (Lipinski definition) is 1. The summed E-state index contributed by atoms with van der Waals surface area (Å²) in [7, 11) is 0. The van der Waals surface area contributed by atoms with Crippen molar-refractivity contribution in [3.8, 4) is 0 Å². The first kappa shape index (κ1) is 9.10. The molecule has 0 saturated heterocycles. The van der Waals surface area contributed by atoms with E-state index in [0.29, 0.717) is 0 Å². The molecule has 4 nitrogen and oxygen atoms in total. The number of Topliss-reactive ketones (excluding diaryl/α,β-unsaturated/α-hetero) is 1. The molecule has 0 saturated carbocycles. The molecule has 0 fully saturated rings. The molecule has 0 heterocycles. The molecule has 0 aromatic heterocycles. The molecule has 10 heavy (non-hydrogen) atoms. The van der Waals surface area contributed by atoms with Crippen molar-refractivity contribution in [3.63, 3.8) is 0 Å². The first-order valence-corrected chi connectivity index (χ1v) is 2.92. The lowest BCUT2D eigenvalue weighted by Gasteiger charge is -1.96. The second kappa shape index (κ2) is 4.93. The van der Waals surface area contributed by atoms with Gasteiger partial charge in [0.1, 0.15) is 12.4 Å². The molecule has 0 unspecified atom stereocenters. The van der Waals surface area contributed by atoms with Crippen molar-refractivity contribution >= 4 is 11.8 Å². The molecule has 0 aliphatic heterocycles. The molecule has 0 bridgehead atoms. The number of carbonyl (C=O) groups is 2. The van der Waals surface area contributed by atoms with Crippen LogP contribution in [0.2, 0.25) is 0 Å². The molecule has 0 atom stereocenters. The summed E-state index contributed by atoms with van der Waals surface area (Å²) in [6.07, 6.45) is 0.285. The lowest BCUT2D eigenvalue weighted by atomic mass is 10.3. The normalized spacial score (nSPS) is 9.30. The van der Waals surface area contributed by atoms with Gasteiger partial charge in [-0.1, -0.05) is 0 Å². The third-order valence-electron chi connectivity index (χ3n) is 0.824. The first-order chi connectivity index (χ1) is 4.63. The lowest BCUT2D eigenvalue weighted by Crippen LogP contribution is -2.09. The SMILES string of the molecule is CC(=O)CCOCC(=O)O. The van der Waals surface area contributed by atoms with E-state index in [0.717, 1.165) is 0 Å². The van der Waals surface area contributed by atoms with Crippen LogP contribution in [0, 0.1) is 0 Å². The zero-order valence-electron chi connectivity index (χ0n) is 5.79. The summed E-state index contributed by atoms with van der Waals surface area (Å²) in [5.41, 5.74) is 0. The van der Waals surface area contributed by atoms with Gasteiger partial charge in [-0.15, -0.1) is 0 Å². The standard InChI is InChI=1S/C6H10O4/c1-5(7)2-3-10-4-6(8)9/h2-4H2,1H3,(H,8,9). The Bertz CT molecular complexity index is 114. The Morgan fingerprint density at radius 3 is 2.50 bits per heavy atom. The summed E-state index contributed by atoms with van der Waals surface area (Å²) in [5.74, 6) is -1.01. The topological polar surface area (TPSA) is 63.6 Å². The van der Waals surface area contributed by atoms with Crippen LogP contribution in [0.25, 0.3) is 0 Å².